The van der Waals surface area contributed by atoms with E-state index in [1.165, 1.54) is 6.07 Å². The molecule has 0 radical (unpaired) electrons. The van der Waals surface area contributed by atoms with Crippen molar-refractivity contribution in [3.63, 3.8) is 0 Å². The summed E-state index contributed by atoms with van der Waals surface area (Å²) in [5.41, 5.74) is 0.796. The molecule has 0 saturated carbocycles. The van der Waals surface area contributed by atoms with Crippen LogP contribution in [0, 0.1) is 5.92 Å². The molecule has 1 N–H and O–H groups in total. The zero-order valence-corrected chi connectivity index (χ0v) is 15.5. The van der Waals surface area contributed by atoms with Gasteiger partial charge in [0.1, 0.15) is 0 Å². The Morgan fingerprint density at radius 1 is 1.29 bits per heavy atom. The van der Waals surface area contributed by atoms with Crippen molar-refractivity contribution in [2.75, 3.05) is 6.54 Å². The first-order chi connectivity index (χ1) is 13.4. The van der Waals surface area contributed by atoms with Crippen molar-refractivity contribution in [3.05, 3.63) is 42.1 Å². The van der Waals surface area contributed by atoms with E-state index >= 15 is 0 Å². The largest absolute Gasteiger partial charge is 0.416 e. The molecule has 1 aliphatic rings. The standard InChI is InChI=1S/C20H21F3N4O/c1-2-4-13-9-18(28)26(11-13)12-27-17-7-6-14(20(21,22)23)10-16(17)25-19(27)15-5-3-8-24-15/h3,5-8,10,13,24H,2,4,9,11-12H2,1H3. The molecule has 0 bridgehead atoms. The van der Waals surface area contributed by atoms with Crippen molar-refractivity contribution >= 4 is 16.9 Å². The van der Waals surface area contributed by atoms with Gasteiger partial charge in [0.2, 0.25) is 5.91 Å². The lowest BCUT2D eigenvalue weighted by Gasteiger charge is -2.19. The Balaban J connectivity index is 1.75. The van der Waals surface area contributed by atoms with Gasteiger partial charge in [-0.15, -0.1) is 0 Å². The molecule has 3 aromatic rings. The highest BCUT2D eigenvalue weighted by molar-refractivity contribution is 5.82. The van der Waals surface area contributed by atoms with Crippen LogP contribution in [-0.2, 0) is 17.6 Å². The van der Waals surface area contributed by atoms with Gasteiger partial charge in [0.05, 0.1) is 29.0 Å². The molecule has 1 saturated heterocycles. The van der Waals surface area contributed by atoms with Gasteiger partial charge >= 0.3 is 6.18 Å². The number of imidazole rings is 1. The number of alkyl halides is 3. The zero-order valence-electron chi connectivity index (χ0n) is 15.5. The Hall–Kier alpha value is -2.77. The average molecular weight is 390 g/mol. The van der Waals surface area contributed by atoms with Crippen LogP contribution < -0.4 is 0 Å². The van der Waals surface area contributed by atoms with Crippen molar-refractivity contribution < 1.29 is 18.0 Å². The van der Waals surface area contributed by atoms with Gasteiger partial charge in [0.15, 0.2) is 5.82 Å². The monoisotopic (exact) mass is 390 g/mol. The fraction of sp³-hybridized carbons (Fsp3) is 0.400. The van der Waals surface area contributed by atoms with Crippen molar-refractivity contribution in [2.45, 2.75) is 39.0 Å². The summed E-state index contributed by atoms with van der Waals surface area (Å²) in [7, 11) is 0. The quantitative estimate of drug-likeness (QED) is 0.689. The van der Waals surface area contributed by atoms with Crippen LogP contribution in [0.25, 0.3) is 22.6 Å². The van der Waals surface area contributed by atoms with E-state index in [-0.39, 0.29) is 18.1 Å². The van der Waals surface area contributed by atoms with Gasteiger partial charge in [-0.25, -0.2) is 4.98 Å². The van der Waals surface area contributed by atoms with Gasteiger partial charge in [0, 0.05) is 19.2 Å². The molecule has 4 rings (SSSR count). The molecule has 1 aliphatic heterocycles. The topological polar surface area (TPSA) is 53.9 Å². The third-order valence-electron chi connectivity index (χ3n) is 5.22. The van der Waals surface area contributed by atoms with E-state index in [9.17, 15) is 18.0 Å². The number of carbonyl (C=O) groups excluding carboxylic acids is 1. The van der Waals surface area contributed by atoms with Crippen LogP contribution >= 0.6 is 0 Å². The summed E-state index contributed by atoms with van der Waals surface area (Å²) in [5.74, 6) is 0.925. The van der Waals surface area contributed by atoms with Crippen LogP contribution in [0.1, 0.15) is 31.7 Å². The Kier molecular flexibility index (Phi) is 4.64. The predicted octanol–water partition coefficient (Wildman–Crippen LogP) is 4.66. The summed E-state index contributed by atoms with van der Waals surface area (Å²) in [4.78, 5) is 21.7. The molecule has 8 heteroatoms. The molecule has 0 spiro atoms. The van der Waals surface area contributed by atoms with Gasteiger partial charge in [0.25, 0.3) is 0 Å². The molecule has 148 valence electrons. The molecular formula is C20H21F3N4O. The minimum absolute atomic E-state index is 0.0737. The van der Waals surface area contributed by atoms with Crippen molar-refractivity contribution in [3.8, 4) is 11.5 Å². The van der Waals surface area contributed by atoms with E-state index < -0.39 is 11.7 Å². The second kappa shape index (κ2) is 7.00. The summed E-state index contributed by atoms with van der Waals surface area (Å²) in [6.07, 6.45) is -0.156. The Labute approximate surface area is 160 Å². The molecule has 5 nitrogen and oxygen atoms in total. The number of aromatic nitrogens is 3. The number of H-pyrrole nitrogens is 1. The van der Waals surface area contributed by atoms with Gasteiger partial charge in [-0.1, -0.05) is 13.3 Å². The summed E-state index contributed by atoms with van der Waals surface area (Å²) in [6.45, 7) is 3.03. The van der Waals surface area contributed by atoms with Crippen LogP contribution in [0.4, 0.5) is 13.2 Å². The van der Waals surface area contributed by atoms with Crippen molar-refractivity contribution in [1.29, 1.82) is 0 Å². The number of nitrogens with one attached hydrogen (secondary N) is 1. The molecule has 1 unspecified atom stereocenters. The fourth-order valence-electron chi connectivity index (χ4n) is 3.89. The lowest BCUT2D eigenvalue weighted by molar-refractivity contribution is -0.137. The number of hydrogen-bond donors (Lipinski definition) is 1. The molecule has 1 fully saturated rings. The number of nitrogens with zero attached hydrogens (tertiary/aromatic N) is 3. The molecule has 1 atom stereocenters. The highest BCUT2D eigenvalue weighted by Crippen LogP contribution is 2.33. The van der Waals surface area contributed by atoms with Crippen LogP contribution in [0.5, 0.6) is 0 Å². The molecule has 1 amide bonds. The van der Waals surface area contributed by atoms with E-state index in [0.29, 0.717) is 35.9 Å². The molecule has 2 aromatic heterocycles. The van der Waals surface area contributed by atoms with Gasteiger partial charge in [-0.3, -0.25) is 4.79 Å². The van der Waals surface area contributed by atoms with E-state index in [1.54, 1.807) is 17.2 Å². The number of carbonyl (C=O) groups is 1. The SMILES string of the molecule is CCCC1CC(=O)N(Cn2c(-c3ccc[nH]3)nc3cc(C(F)(F)F)ccc32)C1. The third-order valence-corrected chi connectivity index (χ3v) is 5.22. The number of likely N-dealkylation sites (tertiary alicyclic amines) is 1. The first-order valence-electron chi connectivity index (χ1n) is 9.36. The summed E-state index contributed by atoms with van der Waals surface area (Å²) >= 11 is 0. The predicted molar refractivity (Wildman–Crippen MR) is 99.2 cm³/mol. The van der Waals surface area contributed by atoms with Gasteiger partial charge < -0.3 is 14.5 Å². The smallest absolute Gasteiger partial charge is 0.359 e. The van der Waals surface area contributed by atoms with E-state index in [2.05, 4.69) is 16.9 Å². The average Bonchev–Trinajstić information content (AvgIpc) is 3.34. The lowest BCUT2D eigenvalue weighted by atomic mass is 10.0. The van der Waals surface area contributed by atoms with Gasteiger partial charge in [-0.2, -0.15) is 13.2 Å². The Morgan fingerprint density at radius 2 is 2.11 bits per heavy atom. The first-order valence-corrected chi connectivity index (χ1v) is 9.36. The number of halogens is 3. The normalized spacial score (nSPS) is 17.8. The minimum Gasteiger partial charge on any atom is -0.359 e. The maximum Gasteiger partial charge on any atom is 0.416 e. The first kappa shape index (κ1) is 18.6. The number of hydrogen-bond acceptors (Lipinski definition) is 2. The molecule has 3 heterocycles. The summed E-state index contributed by atoms with van der Waals surface area (Å²) in [5, 5.41) is 0. The summed E-state index contributed by atoms with van der Waals surface area (Å²) in [6, 6.07) is 7.17. The maximum absolute atomic E-state index is 13.1. The minimum atomic E-state index is -4.43. The summed E-state index contributed by atoms with van der Waals surface area (Å²) < 4.78 is 41.1. The van der Waals surface area contributed by atoms with Gasteiger partial charge in [-0.05, 0) is 42.7 Å². The second-order valence-electron chi connectivity index (χ2n) is 7.26. The van der Waals surface area contributed by atoms with Crippen molar-refractivity contribution in [2.24, 2.45) is 5.92 Å². The van der Waals surface area contributed by atoms with E-state index in [0.717, 1.165) is 25.0 Å². The lowest BCUT2D eigenvalue weighted by Crippen LogP contribution is -2.28. The molecular weight excluding hydrogens is 369 g/mol. The van der Waals surface area contributed by atoms with E-state index in [4.69, 9.17) is 0 Å². The van der Waals surface area contributed by atoms with Crippen LogP contribution in [0.15, 0.2) is 36.5 Å². The van der Waals surface area contributed by atoms with Crippen LogP contribution in [-0.4, -0.2) is 31.9 Å². The van der Waals surface area contributed by atoms with E-state index in [1.807, 2.05) is 10.6 Å². The van der Waals surface area contributed by atoms with Crippen LogP contribution in [0.3, 0.4) is 0 Å². The Bertz CT molecular complexity index is 991. The maximum atomic E-state index is 13.1. The highest BCUT2D eigenvalue weighted by atomic mass is 19.4. The number of aromatic amines is 1. The number of amides is 1. The second-order valence-corrected chi connectivity index (χ2v) is 7.26. The van der Waals surface area contributed by atoms with Crippen molar-refractivity contribution in [1.82, 2.24) is 19.4 Å². The van der Waals surface area contributed by atoms with Crippen LogP contribution in [0.2, 0.25) is 0 Å². The highest BCUT2D eigenvalue weighted by Gasteiger charge is 2.32. The third kappa shape index (κ3) is 3.39. The molecule has 1 aromatic carbocycles. The molecule has 0 aliphatic carbocycles. The Morgan fingerprint density at radius 3 is 2.79 bits per heavy atom. The number of fused-ring (bicyclic) bond motifs is 1. The number of rotatable bonds is 5. The zero-order chi connectivity index (χ0) is 19.9. The fourth-order valence-corrected chi connectivity index (χ4v) is 3.89. The molecule has 28 heavy (non-hydrogen) atoms. The number of benzene rings is 1.